The van der Waals surface area contributed by atoms with E-state index in [4.69, 9.17) is 5.73 Å². The van der Waals surface area contributed by atoms with E-state index >= 15 is 0 Å². The normalized spacial score (nSPS) is 10.4. The number of nitrogens with two attached hydrogens (primary N) is 1. The van der Waals surface area contributed by atoms with E-state index in [0.717, 1.165) is 12.1 Å². The minimum absolute atomic E-state index is 0.842. The Bertz CT molecular complexity index is 431. The third kappa shape index (κ3) is 2.15. The number of hydrogen-bond acceptors (Lipinski definition) is 2. The monoisotopic (exact) mass is 203 g/mol. The molecule has 0 unspecified atom stereocenters. The van der Waals surface area contributed by atoms with Crippen LogP contribution in [0, 0.1) is 6.92 Å². The Kier molecular flexibility index (Phi) is 2.55. The molecule has 1 aromatic heterocycles. The third-order valence-corrected chi connectivity index (χ3v) is 3.05. The molecule has 0 aliphatic rings. The van der Waals surface area contributed by atoms with E-state index in [1.54, 1.807) is 11.3 Å². The predicted molar refractivity (Wildman–Crippen MR) is 62.7 cm³/mol. The second-order valence-corrected chi connectivity index (χ2v) is 4.60. The largest absolute Gasteiger partial charge is 0.399 e. The van der Waals surface area contributed by atoms with Gasteiger partial charge in [0.05, 0.1) is 0 Å². The second kappa shape index (κ2) is 3.84. The number of anilines is 1. The molecule has 0 amide bonds. The van der Waals surface area contributed by atoms with E-state index in [1.807, 2.05) is 18.2 Å². The van der Waals surface area contributed by atoms with E-state index in [0.29, 0.717) is 0 Å². The molecule has 2 heteroatoms. The zero-order chi connectivity index (χ0) is 9.97. The van der Waals surface area contributed by atoms with Crippen molar-refractivity contribution < 1.29 is 0 Å². The van der Waals surface area contributed by atoms with Gasteiger partial charge in [0.2, 0.25) is 0 Å². The highest BCUT2D eigenvalue weighted by atomic mass is 32.1. The van der Waals surface area contributed by atoms with Gasteiger partial charge in [-0.05, 0) is 48.1 Å². The van der Waals surface area contributed by atoms with Crippen LogP contribution in [0.2, 0.25) is 0 Å². The highest BCUT2D eigenvalue weighted by molar-refractivity contribution is 7.10. The summed E-state index contributed by atoms with van der Waals surface area (Å²) in [4.78, 5) is 1.36. The van der Waals surface area contributed by atoms with Gasteiger partial charge in [0, 0.05) is 10.6 Å². The molecule has 0 spiro atoms. The number of hydrogen-bond donors (Lipinski definition) is 1. The molecule has 0 saturated carbocycles. The van der Waals surface area contributed by atoms with Gasteiger partial charge in [0.25, 0.3) is 0 Å². The van der Waals surface area contributed by atoms with Gasteiger partial charge >= 0.3 is 0 Å². The topological polar surface area (TPSA) is 26.0 Å². The summed E-state index contributed by atoms with van der Waals surface area (Å²) in [6.07, 6.45) is 0.982. The van der Waals surface area contributed by atoms with Gasteiger partial charge in [-0.3, -0.25) is 0 Å². The Labute approximate surface area is 88.2 Å². The van der Waals surface area contributed by atoms with Crippen LogP contribution in [-0.4, -0.2) is 0 Å². The molecular weight excluding hydrogens is 190 g/mol. The molecule has 0 aliphatic carbocycles. The number of thiophene rings is 1. The molecule has 0 aliphatic heterocycles. The van der Waals surface area contributed by atoms with Gasteiger partial charge in [0.1, 0.15) is 0 Å². The average molecular weight is 203 g/mol. The second-order valence-electron chi connectivity index (χ2n) is 3.49. The first-order valence-corrected chi connectivity index (χ1v) is 5.50. The molecule has 0 saturated heterocycles. The molecule has 1 aromatic carbocycles. The fourth-order valence-corrected chi connectivity index (χ4v) is 2.24. The van der Waals surface area contributed by atoms with Crippen LogP contribution in [0.5, 0.6) is 0 Å². The summed E-state index contributed by atoms with van der Waals surface area (Å²) < 4.78 is 0. The standard InChI is InChI=1S/C12H13NS/c1-9-5-11(8-14-9)6-10-3-2-4-12(13)7-10/h2-5,7-8H,6,13H2,1H3. The van der Waals surface area contributed by atoms with Crippen LogP contribution < -0.4 is 5.73 Å². The van der Waals surface area contributed by atoms with Crippen LogP contribution in [0.4, 0.5) is 5.69 Å². The van der Waals surface area contributed by atoms with Crippen molar-refractivity contribution in [2.45, 2.75) is 13.3 Å². The van der Waals surface area contributed by atoms with E-state index < -0.39 is 0 Å². The van der Waals surface area contributed by atoms with Crippen molar-refractivity contribution in [2.75, 3.05) is 5.73 Å². The SMILES string of the molecule is Cc1cc(Cc2cccc(N)c2)cs1. The summed E-state index contributed by atoms with van der Waals surface area (Å²) in [6.45, 7) is 2.13. The minimum Gasteiger partial charge on any atom is -0.399 e. The Morgan fingerprint density at radius 2 is 2.07 bits per heavy atom. The number of benzene rings is 1. The summed E-state index contributed by atoms with van der Waals surface area (Å²) in [7, 11) is 0. The first kappa shape index (κ1) is 9.28. The summed E-state index contributed by atoms with van der Waals surface area (Å²) in [5.41, 5.74) is 9.22. The van der Waals surface area contributed by atoms with Gasteiger partial charge < -0.3 is 5.73 Å². The Hall–Kier alpha value is -1.28. The van der Waals surface area contributed by atoms with Gasteiger partial charge in [0.15, 0.2) is 0 Å². The van der Waals surface area contributed by atoms with Gasteiger partial charge in [-0.15, -0.1) is 11.3 Å². The molecule has 0 fully saturated rings. The van der Waals surface area contributed by atoms with Crippen molar-refractivity contribution in [2.24, 2.45) is 0 Å². The summed E-state index contributed by atoms with van der Waals surface area (Å²) in [5, 5.41) is 2.21. The van der Waals surface area contributed by atoms with E-state index in [-0.39, 0.29) is 0 Å². The number of rotatable bonds is 2. The first-order chi connectivity index (χ1) is 6.74. The van der Waals surface area contributed by atoms with Crippen molar-refractivity contribution in [3.8, 4) is 0 Å². The lowest BCUT2D eigenvalue weighted by Crippen LogP contribution is -1.89. The Morgan fingerprint density at radius 1 is 1.21 bits per heavy atom. The zero-order valence-corrected chi connectivity index (χ0v) is 8.97. The highest BCUT2D eigenvalue weighted by Crippen LogP contribution is 2.17. The van der Waals surface area contributed by atoms with Crippen molar-refractivity contribution in [1.82, 2.24) is 0 Å². The number of nitrogen functional groups attached to an aromatic ring is 1. The van der Waals surface area contributed by atoms with Crippen molar-refractivity contribution >= 4 is 17.0 Å². The van der Waals surface area contributed by atoms with Gasteiger partial charge in [-0.2, -0.15) is 0 Å². The maximum Gasteiger partial charge on any atom is 0.0316 e. The van der Waals surface area contributed by atoms with Gasteiger partial charge in [-0.25, -0.2) is 0 Å². The molecule has 0 atom stereocenters. The first-order valence-electron chi connectivity index (χ1n) is 4.62. The lowest BCUT2D eigenvalue weighted by molar-refractivity contribution is 1.21. The minimum atomic E-state index is 0.842. The maximum absolute atomic E-state index is 5.72. The fourth-order valence-electron chi connectivity index (χ4n) is 1.53. The molecule has 1 heterocycles. The summed E-state index contributed by atoms with van der Waals surface area (Å²) in [5.74, 6) is 0. The van der Waals surface area contributed by atoms with E-state index in [1.165, 1.54) is 16.0 Å². The van der Waals surface area contributed by atoms with Gasteiger partial charge in [-0.1, -0.05) is 12.1 Å². The van der Waals surface area contributed by atoms with E-state index in [2.05, 4.69) is 24.4 Å². The van der Waals surface area contributed by atoms with Crippen molar-refractivity contribution in [1.29, 1.82) is 0 Å². The maximum atomic E-state index is 5.72. The molecule has 2 N–H and O–H groups in total. The summed E-state index contributed by atoms with van der Waals surface area (Å²) >= 11 is 1.80. The van der Waals surface area contributed by atoms with Crippen LogP contribution in [0.25, 0.3) is 0 Å². The molecule has 2 aromatic rings. The van der Waals surface area contributed by atoms with Crippen LogP contribution in [0.1, 0.15) is 16.0 Å². The summed E-state index contributed by atoms with van der Waals surface area (Å²) in [6, 6.07) is 10.3. The molecule has 14 heavy (non-hydrogen) atoms. The fraction of sp³-hybridized carbons (Fsp3) is 0.167. The third-order valence-electron chi connectivity index (χ3n) is 2.14. The van der Waals surface area contributed by atoms with Crippen molar-refractivity contribution in [3.05, 3.63) is 51.7 Å². The molecular formula is C12H13NS. The van der Waals surface area contributed by atoms with Crippen LogP contribution in [-0.2, 0) is 6.42 Å². The quantitative estimate of drug-likeness (QED) is 0.745. The molecule has 72 valence electrons. The van der Waals surface area contributed by atoms with Crippen LogP contribution in [0.3, 0.4) is 0 Å². The number of aryl methyl sites for hydroxylation is 1. The predicted octanol–water partition coefficient (Wildman–Crippen LogP) is 3.23. The molecule has 2 rings (SSSR count). The zero-order valence-electron chi connectivity index (χ0n) is 8.16. The lowest BCUT2D eigenvalue weighted by Gasteiger charge is -1.99. The smallest absolute Gasteiger partial charge is 0.0316 e. The van der Waals surface area contributed by atoms with E-state index in [9.17, 15) is 0 Å². The Balaban J connectivity index is 2.18. The molecule has 0 bridgehead atoms. The van der Waals surface area contributed by atoms with Crippen LogP contribution in [0.15, 0.2) is 35.7 Å². The lowest BCUT2D eigenvalue weighted by atomic mass is 10.1. The van der Waals surface area contributed by atoms with Crippen LogP contribution >= 0.6 is 11.3 Å². The molecule has 1 nitrogen and oxygen atoms in total. The Morgan fingerprint density at radius 3 is 2.71 bits per heavy atom. The van der Waals surface area contributed by atoms with Crippen molar-refractivity contribution in [3.63, 3.8) is 0 Å². The molecule has 0 radical (unpaired) electrons. The highest BCUT2D eigenvalue weighted by Gasteiger charge is 1.98. The average Bonchev–Trinajstić information content (AvgIpc) is 2.51.